The predicted molar refractivity (Wildman–Crippen MR) is 127 cm³/mol. The van der Waals surface area contributed by atoms with E-state index < -0.39 is 5.54 Å². The second kappa shape index (κ2) is 9.48. The molecule has 9 heteroatoms. The topological polar surface area (TPSA) is 106 Å². The highest BCUT2D eigenvalue weighted by molar-refractivity contribution is 6.01. The molecule has 0 radical (unpaired) electrons. The van der Waals surface area contributed by atoms with Gasteiger partial charge in [-0.1, -0.05) is 25.0 Å². The van der Waals surface area contributed by atoms with E-state index in [1.165, 1.54) is 15.6 Å². The average molecular weight is 468 g/mol. The number of hydrogen-bond acceptors (Lipinski definition) is 5. The molecule has 1 atom stereocenters. The van der Waals surface area contributed by atoms with E-state index in [0.29, 0.717) is 12.2 Å². The fraction of sp³-hybridized carbons (Fsp3) is 0.520. The summed E-state index contributed by atoms with van der Waals surface area (Å²) in [4.78, 5) is 40.3. The highest BCUT2D eigenvalue weighted by Gasteiger charge is 2.46. The Balaban J connectivity index is 1.43. The first-order chi connectivity index (χ1) is 16.2. The molecule has 0 saturated heterocycles. The van der Waals surface area contributed by atoms with Crippen LogP contribution in [0.2, 0.25) is 0 Å². The molecule has 4 rings (SSSR count). The Bertz CT molecular complexity index is 1070. The summed E-state index contributed by atoms with van der Waals surface area (Å²) in [5.41, 5.74) is 0.290. The van der Waals surface area contributed by atoms with E-state index >= 15 is 0 Å². The first-order valence-electron chi connectivity index (χ1n) is 11.9. The summed E-state index contributed by atoms with van der Waals surface area (Å²) in [6, 6.07) is 9.15. The van der Waals surface area contributed by atoms with Crippen molar-refractivity contribution < 1.29 is 19.1 Å². The smallest absolute Gasteiger partial charge is 0.272 e. The van der Waals surface area contributed by atoms with E-state index in [0.717, 1.165) is 37.0 Å². The molecule has 1 fully saturated rings. The van der Waals surface area contributed by atoms with Gasteiger partial charge in [-0.25, -0.2) is 0 Å². The average Bonchev–Trinajstić information content (AvgIpc) is 3.46. The number of carbonyl (C=O) groups is 3. The Kier molecular flexibility index (Phi) is 6.63. The van der Waals surface area contributed by atoms with Crippen LogP contribution in [0.4, 0.5) is 0 Å². The van der Waals surface area contributed by atoms with Gasteiger partial charge in [0.05, 0.1) is 12.6 Å². The van der Waals surface area contributed by atoms with E-state index in [1.807, 2.05) is 38.1 Å². The Hall–Kier alpha value is -3.36. The SMILES string of the molecule is CC(C)Oc1ccc(CNC(=O)c2cc3n(n2)C[C@@](C)(C(=O)NC2CCCC2)N(C)C3=O)cc1. The quantitative estimate of drug-likeness (QED) is 0.651. The number of rotatable bonds is 7. The molecule has 1 aromatic carbocycles. The van der Waals surface area contributed by atoms with Crippen molar-refractivity contribution in [3.8, 4) is 5.75 Å². The zero-order chi connectivity index (χ0) is 24.5. The van der Waals surface area contributed by atoms with E-state index in [-0.39, 0.29) is 42.1 Å². The van der Waals surface area contributed by atoms with Crippen molar-refractivity contribution in [2.75, 3.05) is 7.05 Å². The lowest BCUT2D eigenvalue weighted by Gasteiger charge is -2.41. The standard InChI is InChI=1S/C25H33N5O4/c1-16(2)34-19-11-9-17(10-12-19)14-26-22(31)20-13-21-23(32)29(4)25(3,15-30(21)28-20)24(33)27-18-7-5-6-8-18/h9-13,16,18H,5-8,14-15H2,1-4H3,(H,26,31)(H,27,33)/t25-/m0/s1. The normalized spacial score (nSPS) is 20.4. The highest BCUT2D eigenvalue weighted by Crippen LogP contribution is 2.27. The molecule has 0 bridgehead atoms. The monoisotopic (exact) mass is 467 g/mol. The second-order valence-corrected chi connectivity index (χ2v) is 9.66. The molecule has 1 saturated carbocycles. The van der Waals surface area contributed by atoms with Crippen LogP contribution in [0.1, 0.15) is 73.0 Å². The third kappa shape index (κ3) is 4.78. The van der Waals surface area contributed by atoms with Gasteiger partial charge in [0.25, 0.3) is 11.8 Å². The second-order valence-electron chi connectivity index (χ2n) is 9.66. The number of likely N-dealkylation sites (N-methyl/N-ethyl adjacent to an activating group) is 1. The molecule has 0 spiro atoms. The Labute approximate surface area is 199 Å². The van der Waals surface area contributed by atoms with Gasteiger partial charge in [-0.2, -0.15) is 5.10 Å². The largest absolute Gasteiger partial charge is 0.491 e. The fourth-order valence-corrected chi connectivity index (χ4v) is 4.48. The van der Waals surface area contributed by atoms with Crippen molar-refractivity contribution in [3.05, 3.63) is 47.3 Å². The maximum absolute atomic E-state index is 13.1. The first kappa shape index (κ1) is 23.8. The van der Waals surface area contributed by atoms with Gasteiger partial charge < -0.3 is 20.3 Å². The lowest BCUT2D eigenvalue weighted by Crippen LogP contribution is -2.63. The molecule has 1 aliphatic heterocycles. The summed E-state index contributed by atoms with van der Waals surface area (Å²) in [5, 5.41) is 10.3. The minimum Gasteiger partial charge on any atom is -0.491 e. The molecule has 2 N–H and O–H groups in total. The van der Waals surface area contributed by atoms with Crippen LogP contribution in [0.15, 0.2) is 30.3 Å². The van der Waals surface area contributed by atoms with Gasteiger partial charge in [0.1, 0.15) is 17.0 Å². The van der Waals surface area contributed by atoms with E-state index in [9.17, 15) is 14.4 Å². The van der Waals surface area contributed by atoms with Gasteiger partial charge >= 0.3 is 0 Å². The Morgan fingerprint density at radius 2 is 1.88 bits per heavy atom. The molecule has 182 valence electrons. The van der Waals surface area contributed by atoms with Crippen molar-refractivity contribution in [1.29, 1.82) is 0 Å². The van der Waals surface area contributed by atoms with Gasteiger partial charge in [-0.15, -0.1) is 0 Å². The van der Waals surface area contributed by atoms with Crippen LogP contribution in [0.25, 0.3) is 0 Å². The number of hydrogen-bond donors (Lipinski definition) is 2. The van der Waals surface area contributed by atoms with Gasteiger partial charge in [-0.3, -0.25) is 19.1 Å². The molecule has 0 unspecified atom stereocenters. The van der Waals surface area contributed by atoms with Gasteiger partial charge in [0.15, 0.2) is 5.69 Å². The van der Waals surface area contributed by atoms with Crippen LogP contribution < -0.4 is 15.4 Å². The third-order valence-corrected chi connectivity index (χ3v) is 6.66. The highest BCUT2D eigenvalue weighted by atomic mass is 16.5. The molecule has 9 nitrogen and oxygen atoms in total. The van der Waals surface area contributed by atoms with Crippen LogP contribution in [0, 0.1) is 0 Å². The molecule has 34 heavy (non-hydrogen) atoms. The molecule has 3 amide bonds. The Morgan fingerprint density at radius 3 is 2.53 bits per heavy atom. The number of fused-ring (bicyclic) bond motifs is 1. The number of benzene rings is 1. The van der Waals surface area contributed by atoms with Gasteiger partial charge in [-0.05, 0) is 51.3 Å². The summed E-state index contributed by atoms with van der Waals surface area (Å²) in [6.45, 7) is 6.18. The van der Waals surface area contributed by atoms with Crippen LogP contribution in [-0.4, -0.2) is 57.1 Å². The van der Waals surface area contributed by atoms with Crippen molar-refractivity contribution in [2.45, 2.75) is 77.2 Å². The van der Waals surface area contributed by atoms with Crippen molar-refractivity contribution in [1.82, 2.24) is 25.3 Å². The molecule has 1 aromatic heterocycles. The molecule has 2 heterocycles. The summed E-state index contributed by atoms with van der Waals surface area (Å²) in [5.74, 6) is -0.124. The minimum atomic E-state index is -1.08. The van der Waals surface area contributed by atoms with Crippen LogP contribution >= 0.6 is 0 Å². The molecular formula is C25H33N5O4. The lowest BCUT2D eigenvalue weighted by molar-refractivity contribution is -0.133. The number of aromatic nitrogens is 2. The third-order valence-electron chi connectivity index (χ3n) is 6.66. The maximum atomic E-state index is 13.1. The number of amides is 3. The zero-order valence-corrected chi connectivity index (χ0v) is 20.3. The van der Waals surface area contributed by atoms with Crippen molar-refractivity contribution >= 4 is 17.7 Å². The Morgan fingerprint density at radius 1 is 1.21 bits per heavy atom. The number of ether oxygens (including phenoxy) is 1. The molecule has 2 aromatic rings. The van der Waals surface area contributed by atoms with E-state index in [4.69, 9.17) is 4.74 Å². The molecule has 1 aliphatic carbocycles. The summed E-state index contributed by atoms with van der Waals surface area (Å²) >= 11 is 0. The fourth-order valence-electron chi connectivity index (χ4n) is 4.48. The first-order valence-corrected chi connectivity index (χ1v) is 11.9. The minimum absolute atomic E-state index is 0.0925. The molecular weight excluding hydrogens is 434 g/mol. The summed E-state index contributed by atoms with van der Waals surface area (Å²) in [7, 11) is 1.62. The molecule has 2 aliphatic rings. The lowest BCUT2D eigenvalue weighted by atomic mass is 9.95. The summed E-state index contributed by atoms with van der Waals surface area (Å²) < 4.78 is 7.11. The predicted octanol–water partition coefficient (Wildman–Crippen LogP) is 2.50. The number of nitrogens with one attached hydrogen (secondary N) is 2. The van der Waals surface area contributed by atoms with E-state index in [2.05, 4.69) is 15.7 Å². The van der Waals surface area contributed by atoms with Crippen LogP contribution in [-0.2, 0) is 17.9 Å². The van der Waals surface area contributed by atoms with Gasteiger partial charge in [0, 0.05) is 25.7 Å². The number of carbonyl (C=O) groups excluding carboxylic acids is 3. The number of nitrogens with zero attached hydrogens (tertiary/aromatic N) is 3. The van der Waals surface area contributed by atoms with Crippen LogP contribution in [0.5, 0.6) is 5.75 Å². The van der Waals surface area contributed by atoms with Crippen molar-refractivity contribution in [3.63, 3.8) is 0 Å². The van der Waals surface area contributed by atoms with E-state index in [1.54, 1.807) is 14.0 Å². The summed E-state index contributed by atoms with van der Waals surface area (Å²) in [6.07, 6.45) is 4.23. The van der Waals surface area contributed by atoms with Crippen molar-refractivity contribution in [2.24, 2.45) is 0 Å². The zero-order valence-electron chi connectivity index (χ0n) is 20.3. The maximum Gasteiger partial charge on any atom is 0.272 e. The van der Waals surface area contributed by atoms with Gasteiger partial charge in [0.2, 0.25) is 5.91 Å². The van der Waals surface area contributed by atoms with Crippen LogP contribution in [0.3, 0.4) is 0 Å².